The molecule has 94 valence electrons. The highest BCUT2D eigenvalue weighted by Crippen LogP contribution is 2.17. The summed E-state index contributed by atoms with van der Waals surface area (Å²) < 4.78 is 9.06. The van der Waals surface area contributed by atoms with E-state index in [-0.39, 0.29) is 5.91 Å². The molecule has 0 saturated heterocycles. The van der Waals surface area contributed by atoms with E-state index in [4.69, 9.17) is 4.74 Å². The van der Waals surface area contributed by atoms with E-state index in [2.05, 4.69) is 14.9 Å². The van der Waals surface area contributed by atoms with E-state index in [0.29, 0.717) is 17.2 Å². The number of nitrogens with zero attached hydrogens (tertiary/aromatic N) is 2. The Bertz CT molecular complexity index is 537. The van der Waals surface area contributed by atoms with Crippen molar-refractivity contribution in [1.82, 2.24) is 9.59 Å². The number of ether oxygens (including phenoxy) is 1. The predicted octanol–water partition coefficient (Wildman–Crippen LogP) is 2.50. The topological polar surface area (TPSA) is 64.1 Å². The van der Waals surface area contributed by atoms with Gasteiger partial charge in [-0.3, -0.25) is 4.79 Å². The lowest BCUT2D eigenvalue weighted by molar-refractivity contribution is 0.103. The molecule has 1 amide bonds. The lowest BCUT2D eigenvalue weighted by atomic mass is 10.3. The first-order valence-electron chi connectivity index (χ1n) is 5.54. The molecular formula is C12H13N3O2S. The number of aromatic nitrogens is 2. The van der Waals surface area contributed by atoms with Crippen LogP contribution in [0.4, 0.5) is 5.69 Å². The molecule has 0 aliphatic heterocycles. The van der Waals surface area contributed by atoms with E-state index < -0.39 is 0 Å². The summed E-state index contributed by atoms with van der Waals surface area (Å²) in [7, 11) is 0. The number of aryl methyl sites for hydroxylation is 1. The number of hydrogen-bond acceptors (Lipinski definition) is 5. The van der Waals surface area contributed by atoms with Crippen molar-refractivity contribution >= 4 is 23.1 Å². The van der Waals surface area contributed by atoms with Gasteiger partial charge in [-0.15, -0.1) is 5.10 Å². The largest absolute Gasteiger partial charge is 0.494 e. The number of nitrogens with one attached hydrogen (secondary N) is 1. The normalized spacial score (nSPS) is 10.1. The van der Waals surface area contributed by atoms with Crippen LogP contribution in [0.1, 0.15) is 22.3 Å². The average Bonchev–Trinajstić information content (AvgIpc) is 2.78. The van der Waals surface area contributed by atoms with Gasteiger partial charge in [0.15, 0.2) is 0 Å². The molecular weight excluding hydrogens is 250 g/mol. The molecule has 0 bridgehead atoms. The Balaban J connectivity index is 2.05. The molecule has 0 unspecified atom stereocenters. The smallest absolute Gasteiger partial charge is 0.269 e. The molecule has 18 heavy (non-hydrogen) atoms. The van der Waals surface area contributed by atoms with Gasteiger partial charge in [0, 0.05) is 5.69 Å². The Morgan fingerprint density at radius 3 is 2.67 bits per heavy atom. The van der Waals surface area contributed by atoms with Gasteiger partial charge in [0.2, 0.25) is 0 Å². The summed E-state index contributed by atoms with van der Waals surface area (Å²) in [6, 6.07) is 7.23. The Kier molecular flexibility index (Phi) is 3.88. The van der Waals surface area contributed by atoms with Crippen LogP contribution in [-0.2, 0) is 0 Å². The summed E-state index contributed by atoms with van der Waals surface area (Å²) in [6.45, 7) is 4.31. The first kappa shape index (κ1) is 12.5. The SMILES string of the molecule is CCOc1ccc(NC(=O)c2snnc2C)cc1. The van der Waals surface area contributed by atoms with E-state index in [0.717, 1.165) is 23.0 Å². The number of benzene rings is 1. The van der Waals surface area contributed by atoms with Gasteiger partial charge in [-0.05, 0) is 49.6 Å². The second kappa shape index (κ2) is 5.59. The maximum atomic E-state index is 11.9. The van der Waals surface area contributed by atoms with Gasteiger partial charge in [-0.1, -0.05) is 4.49 Å². The highest BCUT2D eigenvalue weighted by atomic mass is 32.1. The van der Waals surface area contributed by atoms with E-state index in [9.17, 15) is 4.79 Å². The molecule has 0 saturated carbocycles. The highest BCUT2D eigenvalue weighted by molar-refractivity contribution is 7.08. The molecule has 0 radical (unpaired) electrons. The highest BCUT2D eigenvalue weighted by Gasteiger charge is 2.12. The fourth-order valence-electron chi connectivity index (χ4n) is 1.43. The summed E-state index contributed by atoms with van der Waals surface area (Å²) in [5.74, 6) is 0.595. The number of hydrogen-bond donors (Lipinski definition) is 1. The van der Waals surface area contributed by atoms with Crippen LogP contribution in [0, 0.1) is 6.92 Å². The van der Waals surface area contributed by atoms with Crippen molar-refractivity contribution in [2.45, 2.75) is 13.8 Å². The van der Waals surface area contributed by atoms with Crippen LogP contribution in [0.15, 0.2) is 24.3 Å². The molecule has 5 nitrogen and oxygen atoms in total. The standard InChI is InChI=1S/C12H13N3O2S/c1-3-17-10-6-4-9(5-7-10)13-12(16)11-8(2)14-15-18-11/h4-7H,3H2,1-2H3,(H,13,16). The lowest BCUT2D eigenvalue weighted by Gasteiger charge is -2.06. The Morgan fingerprint density at radius 1 is 1.39 bits per heavy atom. The lowest BCUT2D eigenvalue weighted by Crippen LogP contribution is -2.11. The molecule has 0 aliphatic rings. The van der Waals surface area contributed by atoms with Crippen molar-refractivity contribution in [3.05, 3.63) is 34.8 Å². The van der Waals surface area contributed by atoms with Crippen LogP contribution < -0.4 is 10.1 Å². The van der Waals surface area contributed by atoms with Crippen molar-refractivity contribution < 1.29 is 9.53 Å². The molecule has 1 aromatic heterocycles. The van der Waals surface area contributed by atoms with E-state index in [1.54, 1.807) is 19.1 Å². The summed E-state index contributed by atoms with van der Waals surface area (Å²) in [5.41, 5.74) is 1.36. The van der Waals surface area contributed by atoms with Crippen molar-refractivity contribution in [3.63, 3.8) is 0 Å². The third-order valence-electron chi connectivity index (χ3n) is 2.28. The van der Waals surface area contributed by atoms with Crippen molar-refractivity contribution in [2.24, 2.45) is 0 Å². The van der Waals surface area contributed by atoms with Crippen LogP contribution in [0.3, 0.4) is 0 Å². The zero-order valence-corrected chi connectivity index (χ0v) is 11.0. The van der Waals surface area contributed by atoms with Crippen molar-refractivity contribution in [1.29, 1.82) is 0 Å². The Hall–Kier alpha value is -1.95. The minimum Gasteiger partial charge on any atom is -0.494 e. The van der Waals surface area contributed by atoms with Crippen LogP contribution in [0.25, 0.3) is 0 Å². The van der Waals surface area contributed by atoms with Gasteiger partial charge >= 0.3 is 0 Å². The Morgan fingerprint density at radius 2 is 2.11 bits per heavy atom. The van der Waals surface area contributed by atoms with Crippen LogP contribution >= 0.6 is 11.5 Å². The van der Waals surface area contributed by atoms with Crippen LogP contribution in [0.5, 0.6) is 5.75 Å². The molecule has 2 aromatic rings. The zero-order chi connectivity index (χ0) is 13.0. The minimum atomic E-state index is -0.188. The van der Waals surface area contributed by atoms with Crippen LogP contribution in [0.2, 0.25) is 0 Å². The van der Waals surface area contributed by atoms with Gasteiger partial charge in [0.05, 0.1) is 12.3 Å². The van der Waals surface area contributed by atoms with Crippen molar-refractivity contribution in [3.8, 4) is 5.75 Å². The monoisotopic (exact) mass is 263 g/mol. The molecule has 2 rings (SSSR count). The van der Waals surface area contributed by atoms with Gasteiger partial charge in [-0.2, -0.15) is 0 Å². The number of anilines is 1. The summed E-state index contributed by atoms with van der Waals surface area (Å²) >= 11 is 1.09. The first-order valence-corrected chi connectivity index (χ1v) is 6.31. The van der Waals surface area contributed by atoms with Gasteiger partial charge in [-0.25, -0.2) is 0 Å². The number of rotatable bonds is 4. The fraction of sp³-hybridized carbons (Fsp3) is 0.250. The van der Waals surface area contributed by atoms with Gasteiger partial charge in [0.1, 0.15) is 10.6 Å². The van der Waals surface area contributed by atoms with Gasteiger partial charge in [0.25, 0.3) is 5.91 Å². The average molecular weight is 263 g/mol. The van der Waals surface area contributed by atoms with Gasteiger partial charge < -0.3 is 10.1 Å². The molecule has 1 heterocycles. The molecule has 1 N–H and O–H groups in total. The van der Waals surface area contributed by atoms with Crippen LogP contribution in [-0.4, -0.2) is 22.1 Å². The van der Waals surface area contributed by atoms with E-state index in [1.807, 2.05) is 19.1 Å². The minimum absolute atomic E-state index is 0.188. The molecule has 0 atom stereocenters. The van der Waals surface area contributed by atoms with E-state index in [1.165, 1.54) is 0 Å². The summed E-state index contributed by atoms with van der Waals surface area (Å²) in [5, 5.41) is 6.60. The fourth-order valence-corrected chi connectivity index (χ4v) is 1.98. The molecule has 0 spiro atoms. The summed E-state index contributed by atoms with van der Waals surface area (Å²) in [4.78, 5) is 12.4. The molecule has 0 fully saturated rings. The molecule has 0 aliphatic carbocycles. The van der Waals surface area contributed by atoms with Crippen molar-refractivity contribution in [2.75, 3.05) is 11.9 Å². The molecule has 1 aromatic carbocycles. The number of carbonyl (C=O) groups is 1. The predicted molar refractivity (Wildman–Crippen MR) is 70.2 cm³/mol. The second-order valence-electron chi connectivity index (χ2n) is 3.60. The third-order valence-corrected chi connectivity index (χ3v) is 3.11. The second-order valence-corrected chi connectivity index (χ2v) is 4.35. The number of carbonyl (C=O) groups excluding carboxylic acids is 1. The summed E-state index contributed by atoms with van der Waals surface area (Å²) in [6.07, 6.45) is 0. The zero-order valence-electron chi connectivity index (χ0n) is 10.1. The quantitative estimate of drug-likeness (QED) is 0.920. The maximum absolute atomic E-state index is 11.9. The maximum Gasteiger partial charge on any atom is 0.269 e. The number of amides is 1. The molecule has 6 heteroatoms. The van der Waals surface area contributed by atoms with E-state index >= 15 is 0 Å². The first-order chi connectivity index (χ1) is 8.70. The third kappa shape index (κ3) is 2.84. The Labute approximate surface area is 109 Å².